The largest absolute Gasteiger partial charge is 0.342 e. The van der Waals surface area contributed by atoms with Crippen LogP contribution in [0.2, 0.25) is 0 Å². The Labute approximate surface area is 179 Å². The average molecular weight is 427 g/mol. The summed E-state index contributed by atoms with van der Waals surface area (Å²) in [5.74, 6) is 0.525. The summed E-state index contributed by atoms with van der Waals surface area (Å²) in [7, 11) is -3.21. The van der Waals surface area contributed by atoms with Gasteiger partial charge in [0.1, 0.15) is 0 Å². The molecule has 2 aromatic rings. The number of rotatable bonds is 5. The predicted molar refractivity (Wildman–Crippen MR) is 120 cm³/mol. The van der Waals surface area contributed by atoms with Crippen molar-refractivity contribution in [3.8, 4) is 11.1 Å². The Morgan fingerprint density at radius 1 is 1.07 bits per heavy atom. The van der Waals surface area contributed by atoms with Crippen molar-refractivity contribution in [1.29, 1.82) is 0 Å². The van der Waals surface area contributed by atoms with E-state index in [0.717, 1.165) is 19.3 Å². The van der Waals surface area contributed by atoms with E-state index >= 15 is 0 Å². The standard InChI is InChI=1S/C24H30N2O3S/c1-17-7-5-8-18(15-17)20-10-3-4-11-21(20)22-16-23(22)24(27)26-13-6-9-19(12-14-26)25-30(2,28)29/h3-5,7-8,10-11,15,19,22-23,25H,6,9,12-14,16H2,1-2H3/t19-,22+,23-/m1/s1. The molecule has 3 atom stereocenters. The number of likely N-dealkylation sites (tertiary alicyclic amines) is 1. The Morgan fingerprint density at radius 3 is 2.63 bits per heavy atom. The minimum atomic E-state index is -3.21. The van der Waals surface area contributed by atoms with Crippen molar-refractivity contribution < 1.29 is 13.2 Å². The second-order valence-electron chi connectivity index (χ2n) is 8.75. The minimum Gasteiger partial charge on any atom is -0.342 e. The number of aryl methyl sites for hydroxylation is 1. The van der Waals surface area contributed by atoms with E-state index in [1.54, 1.807) is 0 Å². The van der Waals surface area contributed by atoms with Crippen LogP contribution in [0.5, 0.6) is 0 Å². The molecule has 1 N–H and O–H groups in total. The molecule has 0 bridgehead atoms. The highest BCUT2D eigenvalue weighted by molar-refractivity contribution is 7.88. The van der Waals surface area contributed by atoms with E-state index in [4.69, 9.17) is 0 Å². The van der Waals surface area contributed by atoms with Crippen molar-refractivity contribution >= 4 is 15.9 Å². The Bertz CT molecular complexity index is 1030. The maximum absolute atomic E-state index is 13.2. The Kier molecular flexibility index (Phi) is 5.98. The average Bonchev–Trinajstić information content (AvgIpc) is 3.51. The van der Waals surface area contributed by atoms with Gasteiger partial charge in [0.05, 0.1) is 6.26 Å². The quantitative estimate of drug-likeness (QED) is 0.793. The fourth-order valence-electron chi connectivity index (χ4n) is 4.68. The molecule has 0 aromatic heterocycles. The van der Waals surface area contributed by atoms with Crippen molar-refractivity contribution in [2.24, 2.45) is 5.92 Å². The van der Waals surface area contributed by atoms with Crippen LogP contribution in [0.4, 0.5) is 0 Å². The fourth-order valence-corrected chi connectivity index (χ4v) is 5.52. The summed E-state index contributed by atoms with van der Waals surface area (Å²) in [6.45, 7) is 3.43. The first-order valence-corrected chi connectivity index (χ1v) is 12.6. The summed E-state index contributed by atoms with van der Waals surface area (Å²) in [4.78, 5) is 15.1. The highest BCUT2D eigenvalue weighted by Crippen LogP contribution is 2.51. The van der Waals surface area contributed by atoms with Crippen LogP contribution in [0.1, 0.15) is 42.7 Å². The molecule has 5 nitrogen and oxygen atoms in total. The second-order valence-corrected chi connectivity index (χ2v) is 10.5. The van der Waals surface area contributed by atoms with Gasteiger partial charge in [-0.05, 0) is 55.2 Å². The molecule has 1 amide bonds. The van der Waals surface area contributed by atoms with Gasteiger partial charge in [0.25, 0.3) is 0 Å². The zero-order chi connectivity index (χ0) is 21.3. The smallest absolute Gasteiger partial charge is 0.226 e. The van der Waals surface area contributed by atoms with E-state index in [1.165, 1.54) is 28.5 Å². The lowest BCUT2D eigenvalue weighted by Gasteiger charge is -2.21. The SMILES string of the molecule is Cc1cccc(-c2ccccc2[C@@H]2C[C@H]2C(=O)N2CCC[C@@H](NS(C)(=O)=O)CC2)c1. The topological polar surface area (TPSA) is 66.5 Å². The molecule has 6 heteroatoms. The van der Waals surface area contributed by atoms with E-state index in [9.17, 15) is 13.2 Å². The van der Waals surface area contributed by atoms with Crippen LogP contribution in [-0.4, -0.2) is 44.6 Å². The maximum atomic E-state index is 13.2. The van der Waals surface area contributed by atoms with Gasteiger partial charge in [-0.25, -0.2) is 13.1 Å². The molecule has 1 heterocycles. The number of benzene rings is 2. The monoisotopic (exact) mass is 426 g/mol. The number of nitrogens with one attached hydrogen (secondary N) is 1. The zero-order valence-corrected chi connectivity index (χ0v) is 18.5. The Balaban J connectivity index is 1.45. The summed E-state index contributed by atoms with van der Waals surface area (Å²) in [5, 5.41) is 0. The third-order valence-electron chi connectivity index (χ3n) is 6.22. The molecule has 1 saturated carbocycles. The van der Waals surface area contributed by atoms with Crippen LogP contribution < -0.4 is 4.72 Å². The lowest BCUT2D eigenvalue weighted by molar-refractivity contribution is -0.132. The van der Waals surface area contributed by atoms with Crippen molar-refractivity contribution in [1.82, 2.24) is 9.62 Å². The lowest BCUT2D eigenvalue weighted by Crippen LogP contribution is -2.36. The second kappa shape index (κ2) is 8.52. The summed E-state index contributed by atoms with van der Waals surface area (Å²) >= 11 is 0. The summed E-state index contributed by atoms with van der Waals surface area (Å²) < 4.78 is 25.7. The third kappa shape index (κ3) is 4.93. The number of amides is 1. The molecule has 0 unspecified atom stereocenters. The van der Waals surface area contributed by atoms with Gasteiger partial charge < -0.3 is 4.90 Å². The molecule has 2 aromatic carbocycles. The Morgan fingerprint density at radius 2 is 1.87 bits per heavy atom. The normalized spacial score (nSPS) is 24.3. The van der Waals surface area contributed by atoms with E-state index in [-0.39, 0.29) is 23.8 Å². The van der Waals surface area contributed by atoms with Crippen LogP contribution in [0, 0.1) is 12.8 Å². The highest BCUT2D eigenvalue weighted by atomic mass is 32.2. The molecule has 0 radical (unpaired) electrons. The summed E-state index contributed by atoms with van der Waals surface area (Å²) in [5.41, 5.74) is 4.91. The van der Waals surface area contributed by atoms with Gasteiger partial charge in [0.2, 0.25) is 15.9 Å². The molecule has 2 fully saturated rings. The summed E-state index contributed by atoms with van der Waals surface area (Å²) in [6.07, 6.45) is 4.37. The number of carbonyl (C=O) groups is 1. The maximum Gasteiger partial charge on any atom is 0.226 e. The number of hydrogen-bond donors (Lipinski definition) is 1. The molecular formula is C24H30N2O3S. The molecular weight excluding hydrogens is 396 g/mol. The Hall–Kier alpha value is -2.18. The summed E-state index contributed by atoms with van der Waals surface area (Å²) in [6, 6.07) is 16.9. The van der Waals surface area contributed by atoms with Crippen LogP contribution in [-0.2, 0) is 14.8 Å². The predicted octanol–water partition coefficient (Wildman–Crippen LogP) is 3.70. The zero-order valence-electron chi connectivity index (χ0n) is 17.7. The van der Waals surface area contributed by atoms with E-state index in [0.29, 0.717) is 19.5 Å². The van der Waals surface area contributed by atoms with Gasteiger partial charge in [-0.3, -0.25) is 4.79 Å². The van der Waals surface area contributed by atoms with E-state index in [2.05, 4.69) is 60.2 Å². The number of nitrogens with zero attached hydrogens (tertiary/aromatic N) is 1. The van der Waals surface area contributed by atoms with Crippen LogP contribution in [0.3, 0.4) is 0 Å². The molecule has 160 valence electrons. The molecule has 2 aliphatic rings. The van der Waals surface area contributed by atoms with Gasteiger partial charge >= 0.3 is 0 Å². The molecule has 1 aliphatic heterocycles. The van der Waals surface area contributed by atoms with Crippen LogP contribution in [0.15, 0.2) is 48.5 Å². The molecule has 4 rings (SSSR count). The van der Waals surface area contributed by atoms with Gasteiger partial charge in [-0.15, -0.1) is 0 Å². The van der Waals surface area contributed by atoms with E-state index < -0.39 is 10.0 Å². The van der Waals surface area contributed by atoms with Crippen molar-refractivity contribution in [2.45, 2.75) is 44.6 Å². The van der Waals surface area contributed by atoms with Gasteiger partial charge in [-0.1, -0.05) is 54.1 Å². The van der Waals surface area contributed by atoms with Crippen LogP contribution >= 0.6 is 0 Å². The van der Waals surface area contributed by atoms with Gasteiger partial charge in [-0.2, -0.15) is 0 Å². The van der Waals surface area contributed by atoms with Crippen molar-refractivity contribution in [2.75, 3.05) is 19.3 Å². The number of carbonyl (C=O) groups excluding carboxylic acids is 1. The van der Waals surface area contributed by atoms with Gasteiger partial charge in [0.15, 0.2) is 0 Å². The lowest BCUT2D eigenvalue weighted by atomic mass is 9.95. The first-order valence-electron chi connectivity index (χ1n) is 10.7. The van der Waals surface area contributed by atoms with Crippen molar-refractivity contribution in [3.05, 3.63) is 59.7 Å². The molecule has 30 heavy (non-hydrogen) atoms. The van der Waals surface area contributed by atoms with E-state index in [1.807, 2.05) is 4.90 Å². The first kappa shape index (κ1) is 21.1. The minimum absolute atomic E-state index is 0.0374. The third-order valence-corrected chi connectivity index (χ3v) is 6.98. The fraction of sp³-hybridized carbons (Fsp3) is 0.458. The molecule has 1 saturated heterocycles. The first-order chi connectivity index (χ1) is 14.3. The number of sulfonamides is 1. The molecule has 0 spiro atoms. The van der Waals surface area contributed by atoms with Crippen molar-refractivity contribution in [3.63, 3.8) is 0 Å². The number of hydrogen-bond acceptors (Lipinski definition) is 3. The highest BCUT2D eigenvalue weighted by Gasteiger charge is 2.46. The molecule has 1 aliphatic carbocycles. The van der Waals surface area contributed by atoms with Crippen LogP contribution in [0.25, 0.3) is 11.1 Å². The van der Waals surface area contributed by atoms with Gasteiger partial charge in [0, 0.05) is 25.0 Å².